The highest BCUT2D eigenvalue weighted by Gasteiger charge is 2.26. The minimum absolute atomic E-state index is 0.0123. The van der Waals surface area contributed by atoms with Crippen LogP contribution in [0.5, 0.6) is 17.2 Å². The molecule has 0 amide bonds. The largest absolute Gasteiger partial charge is 0.505 e. The Bertz CT molecular complexity index is 4860. The minimum Gasteiger partial charge on any atom is -0.505 e. The van der Waals surface area contributed by atoms with Crippen LogP contribution in [0.25, 0.3) is 53.9 Å². The lowest BCUT2D eigenvalue weighted by Gasteiger charge is -2.12. The van der Waals surface area contributed by atoms with Crippen molar-refractivity contribution in [2.24, 2.45) is 40.9 Å². The number of benzene rings is 10. The SMILES string of the molecule is Nc1c(N=Nc2ccc3cc(S(=O)(=O)O)c(N=Nc4cccc5c(S(=O)(=O)O)cccc45)c(O)c3c2)c(S(=O)(=O)O)cc2ccc(N=Nc3ccc4c(O)c(N=Nc5cccc6cccc(S(=O)(=O)O)c56)ccc4c3)c(O)c12. The maximum atomic E-state index is 12.7. The minimum atomic E-state index is -5.10. The maximum Gasteiger partial charge on any atom is 0.296 e. The van der Waals surface area contributed by atoms with Crippen molar-refractivity contribution in [3.63, 3.8) is 0 Å². The second kappa shape index (κ2) is 19.4. The summed E-state index contributed by atoms with van der Waals surface area (Å²) < 4.78 is 139. The number of anilines is 1. The van der Waals surface area contributed by atoms with Crippen molar-refractivity contribution >= 4 is 146 Å². The Labute approximate surface area is 439 Å². The predicted molar refractivity (Wildman–Crippen MR) is 285 cm³/mol. The van der Waals surface area contributed by atoms with Gasteiger partial charge in [0.15, 0.2) is 17.2 Å². The van der Waals surface area contributed by atoms with Crippen molar-refractivity contribution in [1.82, 2.24) is 0 Å². The highest BCUT2D eigenvalue weighted by Crippen LogP contribution is 2.48. The van der Waals surface area contributed by atoms with Crippen LogP contribution in [-0.2, 0) is 40.5 Å². The van der Waals surface area contributed by atoms with E-state index in [-0.39, 0.29) is 82.5 Å². The van der Waals surface area contributed by atoms with Crippen LogP contribution in [0.15, 0.2) is 206 Å². The number of phenols is 3. The molecule has 0 aliphatic heterocycles. The zero-order valence-corrected chi connectivity index (χ0v) is 42.3. The summed E-state index contributed by atoms with van der Waals surface area (Å²) in [5.74, 6) is -1.72. The third-order valence-corrected chi connectivity index (χ3v) is 15.6. The zero-order chi connectivity index (χ0) is 55.6. The smallest absolute Gasteiger partial charge is 0.296 e. The van der Waals surface area contributed by atoms with E-state index in [1.54, 1.807) is 30.3 Å². The molecule has 10 rings (SSSR count). The average molecular weight is 1130 g/mol. The van der Waals surface area contributed by atoms with Crippen molar-refractivity contribution in [3.05, 3.63) is 146 Å². The molecule has 10 aromatic carbocycles. The Morgan fingerprint density at radius 2 is 0.808 bits per heavy atom. The molecule has 0 aromatic heterocycles. The summed E-state index contributed by atoms with van der Waals surface area (Å²) in [6.45, 7) is 0. The number of hydrogen-bond donors (Lipinski definition) is 8. The first-order chi connectivity index (χ1) is 36.9. The second-order valence-electron chi connectivity index (χ2n) is 16.9. The average Bonchev–Trinajstić information content (AvgIpc) is 3.39. The molecule has 24 nitrogen and oxygen atoms in total. The molecule has 0 aliphatic carbocycles. The quantitative estimate of drug-likeness (QED) is 0.0320. The summed E-state index contributed by atoms with van der Waals surface area (Å²) in [7, 11) is -19.5. The third-order valence-electron chi connectivity index (χ3n) is 12.1. The number of aromatic hydroxyl groups is 3. The zero-order valence-electron chi connectivity index (χ0n) is 39.0. The predicted octanol–water partition coefficient (Wildman–Crippen LogP) is 12.8. The number of fused-ring (bicyclic) bond motifs is 5. The van der Waals surface area contributed by atoms with E-state index in [1.807, 2.05) is 0 Å². The van der Waals surface area contributed by atoms with E-state index in [1.165, 1.54) is 97.1 Å². The first-order valence-electron chi connectivity index (χ1n) is 22.1. The van der Waals surface area contributed by atoms with Gasteiger partial charge in [-0.25, -0.2) is 0 Å². The number of nitrogens with two attached hydrogens (primary N) is 1. The summed E-state index contributed by atoms with van der Waals surface area (Å²) >= 11 is 0. The van der Waals surface area contributed by atoms with Gasteiger partial charge in [-0.1, -0.05) is 66.7 Å². The highest BCUT2D eigenvalue weighted by molar-refractivity contribution is 7.86. The van der Waals surface area contributed by atoms with Gasteiger partial charge < -0.3 is 21.1 Å². The number of nitrogen functional groups attached to an aromatic ring is 1. The van der Waals surface area contributed by atoms with E-state index >= 15 is 0 Å². The van der Waals surface area contributed by atoms with Gasteiger partial charge in [-0.05, 0) is 100 Å². The highest BCUT2D eigenvalue weighted by atomic mass is 32.2. The van der Waals surface area contributed by atoms with Gasteiger partial charge in [-0.2, -0.15) is 43.9 Å². The fraction of sp³-hybridized carbons (Fsp3) is 0. The fourth-order valence-corrected chi connectivity index (χ4v) is 11.3. The van der Waals surface area contributed by atoms with Crippen molar-refractivity contribution in [3.8, 4) is 17.2 Å². The van der Waals surface area contributed by atoms with Crippen LogP contribution in [0.2, 0.25) is 0 Å². The third kappa shape index (κ3) is 9.89. The van der Waals surface area contributed by atoms with Gasteiger partial charge in [0.05, 0.1) is 33.8 Å². The van der Waals surface area contributed by atoms with E-state index in [4.69, 9.17) is 5.73 Å². The lowest BCUT2D eigenvalue weighted by Crippen LogP contribution is -2.01. The summed E-state index contributed by atoms with van der Waals surface area (Å²) in [5, 5.41) is 68.2. The molecule has 392 valence electrons. The fourth-order valence-electron chi connectivity index (χ4n) is 8.55. The number of hydrogen-bond acceptors (Lipinski definition) is 20. The molecule has 0 atom stereocenters. The summed E-state index contributed by atoms with van der Waals surface area (Å²) in [6.07, 6.45) is 0. The molecule has 9 N–H and O–H groups in total. The van der Waals surface area contributed by atoms with Crippen molar-refractivity contribution in [1.29, 1.82) is 0 Å². The molecule has 0 unspecified atom stereocenters. The number of rotatable bonds is 12. The summed E-state index contributed by atoms with van der Waals surface area (Å²) in [6, 6.07) is 33.0. The number of azo groups is 4. The van der Waals surface area contributed by atoms with E-state index in [0.717, 1.165) is 18.2 Å². The molecule has 0 bridgehead atoms. The van der Waals surface area contributed by atoms with Crippen molar-refractivity contribution in [2.75, 3.05) is 5.73 Å². The molecule has 0 radical (unpaired) electrons. The normalized spacial score (nSPS) is 13.0. The first kappa shape index (κ1) is 52.2. The van der Waals surface area contributed by atoms with Crippen LogP contribution >= 0.6 is 0 Å². The standard InChI is InChI=1S/C50H33N9O15S4/c51-45-44-28(15-20-38(50(44)62)56-52-29-17-18-31-26(21-29)14-19-37(48(31)60)57-55-36-10-1-5-25-6-2-12-40(43(25)36)76(66,67)68)23-41(77(69,70)71)46(45)58-53-30-16-13-27-22-42(78(72,73)74)47(49(61)34(27)24-30)59-54-35-9-3-8-33-32(35)7-4-11-39(33)75(63,64)65/h1-24,60-62H,51H2,(H,63,64,65)(H,66,67,68)(H,69,70,71)(H,72,73,74). The Morgan fingerprint density at radius 1 is 0.321 bits per heavy atom. The van der Waals surface area contributed by atoms with Crippen LogP contribution in [0.4, 0.5) is 51.2 Å². The van der Waals surface area contributed by atoms with E-state index in [9.17, 15) is 67.2 Å². The molecule has 0 aliphatic rings. The summed E-state index contributed by atoms with van der Waals surface area (Å²) in [4.78, 5) is -2.51. The van der Waals surface area contributed by atoms with Crippen molar-refractivity contribution < 1.29 is 67.2 Å². The Hall–Kier alpha value is -9.26. The topological polar surface area (TPSA) is 403 Å². The van der Waals surface area contributed by atoms with E-state index < -0.39 is 83.7 Å². The molecular formula is C50H33N9O15S4. The molecule has 0 saturated carbocycles. The molecule has 28 heteroatoms. The lowest BCUT2D eigenvalue weighted by atomic mass is 10.1. The Kier molecular flexibility index (Phi) is 13.0. The van der Waals surface area contributed by atoms with Crippen LogP contribution < -0.4 is 5.73 Å². The van der Waals surface area contributed by atoms with Crippen LogP contribution in [-0.4, -0.2) is 67.2 Å². The lowest BCUT2D eigenvalue weighted by molar-refractivity contribution is 0.472. The first-order valence-corrected chi connectivity index (χ1v) is 27.9. The molecule has 78 heavy (non-hydrogen) atoms. The van der Waals surface area contributed by atoms with Gasteiger partial charge in [0.25, 0.3) is 40.5 Å². The molecule has 0 heterocycles. The van der Waals surface area contributed by atoms with Gasteiger partial charge in [-0.15, -0.1) is 30.7 Å². The van der Waals surface area contributed by atoms with Crippen molar-refractivity contribution in [2.45, 2.75) is 19.6 Å². The van der Waals surface area contributed by atoms with Gasteiger partial charge in [0.1, 0.15) is 42.3 Å². The molecule has 10 aromatic rings. The Balaban J connectivity index is 0.967. The van der Waals surface area contributed by atoms with Gasteiger partial charge in [-0.3, -0.25) is 18.2 Å². The van der Waals surface area contributed by atoms with Crippen LogP contribution in [0.1, 0.15) is 0 Å². The van der Waals surface area contributed by atoms with Gasteiger partial charge in [0.2, 0.25) is 0 Å². The summed E-state index contributed by atoms with van der Waals surface area (Å²) in [5.41, 5.74) is 4.64. The molecular weight excluding hydrogens is 1090 g/mol. The number of phenolic OH excluding ortho intramolecular Hbond substituents is 3. The van der Waals surface area contributed by atoms with E-state index in [2.05, 4.69) is 40.9 Å². The maximum absolute atomic E-state index is 12.7. The van der Waals surface area contributed by atoms with Gasteiger partial charge in [0, 0.05) is 26.9 Å². The van der Waals surface area contributed by atoms with Gasteiger partial charge >= 0.3 is 0 Å². The van der Waals surface area contributed by atoms with Crippen LogP contribution in [0, 0.1) is 0 Å². The Morgan fingerprint density at radius 3 is 1.53 bits per heavy atom. The van der Waals surface area contributed by atoms with E-state index in [0.29, 0.717) is 16.2 Å². The monoisotopic (exact) mass is 1130 g/mol. The molecule has 0 spiro atoms. The number of nitrogens with zero attached hydrogens (tertiary/aromatic N) is 8. The van der Waals surface area contributed by atoms with Crippen LogP contribution in [0.3, 0.4) is 0 Å². The second-order valence-corrected chi connectivity index (χ2v) is 22.5. The molecule has 0 fully saturated rings. The molecule has 0 saturated heterocycles.